The molecule has 1 aliphatic heterocycles. The number of ether oxygens (including phenoxy) is 1. The fourth-order valence-electron chi connectivity index (χ4n) is 0.942. The highest BCUT2D eigenvalue weighted by Crippen LogP contribution is 2.03. The highest BCUT2D eigenvalue weighted by molar-refractivity contribution is 5.73. The maximum absolute atomic E-state index is 10.5. The molecule has 0 aromatic heterocycles. The van der Waals surface area contributed by atoms with Gasteiger partial charge in [-0.15, -0.1) is 0 Å². The lowest BCUT2D eigenvalue weighted by Crippen LogP contribution is -2.41. The molecule has 1 fully saturated rings. The first-order chi connectivity index (χ1) is 4.70. The van der Waals surface area contributed by atoms with Gasteiger partial charge in [-0.3, -0.25) is 4.79 Å². The van der Waals surface area contributed by atoms with Crippen LogP contribution in [0.4, 0.5) is 0 Å². The molecule has 1 heterocycles. The standard InChI is InChI=1S/C6H11NO3/c1-4(8)7-5-2-10-3-6(5)9/h5-6,9H,2-3H2,1H3,(H,7,8)/t5-,6+/m1/s1. The molecule has 2 N–H and O–H groups in total. The van der Waals surface area contributed by atoms with Crippen LogP contribution in [0.2, 0.25) is 0 Å². The minimum absolute atomic E-state index is 0.130. The average molecular weight is 145 g/mol. The zero-order valence-corrected chi connectivity index (χ0v) is 5.83. The SMILES string of the molecule is CC(=O)N[C@@H]1COC[C@@H]1O. The molecule has 0 spiro atoms. The molecule has 0 saturated carbocycles. The van der Waals surface area contributed by atoms with Crippen molar-refractivity contribution in [1.82, 2.24) is 5.32 Å². The highest BCUT2D eigenvalue weighted by Gasteiger charge is 2.26. The molecule has 1 saturated heterocycles. The van der Waals surface area contributed by atoms with Crippen molar-refractivity contribution in [3.05, 3.63) is 0 Å². The Hall–Kier alpha value is -0.610. The number of hydrogen-bond donors (Lipinski definition) is 2. The van der Waals surface area contributed by atoms with E-state index in [-0.39, 0.29) is 11.9 Å². The van der Waals surface area contributed by atoms with Crippen LogP contribution in [-0.2, 0) is 9.53 Å². The van der Waals surface area contributed by atoms with Crippen molar-refractivity contribution in [2.45, 2.75) is 19.1 Å². The molecule has 0 aliphatic carbocycles. The molecule has 1 amide bonds. The van der Waals surface area contributed by atoms with Gasteiger partial charge in [0.1, 0.15) is 0 Å². The molecule has 1 rings (SSSR count). The average Bonchev–Trinajstić information content (AvgIpc) is 2.15. The second-order valence-electron chi connectivity index (χ2n) is 2.41. The number of rotatable bonds is 1. The largest absolute Gasteiger partial charge is 0.388 e. The van der Waals surface area contributed by atoms with E-state index in [1.165, 1.54) is 6.92 Å². The molecule has 4 nitrogen and oxygen atoms in total. The van der Waals surface area contributed by atoms with Gasteiger partial charge in [0.15, 0.2) is 0 Å². The third kappa shape index (κ3) is 1.68. The van der Waals surface area contributed by atoms with E-state index in [9.17, 15) is 4.79 Å². The quantitative estimate of drug-likeness (QED) is 0.491. The molecule has 0 bridgehead atoms. The van der Waals surface area contributed by atoms with E-state index >= 15 is 0 Å². The second kappa shape index (κ2) is 2.98. The minimum atomic E-state index is -0.538. The summed E-state index contributed by atoms with van der Waals surface area (Å²) in [6.07, 6.45) is -0.538. The van der Waals surface area contributed by atoms with Crippen LogP contribution in [0.3, 0.4) is 0 Å². The number of amides is 1. The van der Waals surface area contributed by atoms with Crippen molar-refractivity contribution in [3.63, 3.8) is 0 Å². The Labute approximate surface area is 59.2 Å². The lowest BCUT2D eigenvalue weighted by molar-refractivity contribution is -0.120. The molecular formula is C6H11NO3. The fraction of sp³-hybridized carbons (Fsp3) is 0.833. The van der Waals surface area contributed by atoms with Crippen LogP contribution < -0.4 is 5.32 Å². The summed E-state index contributed by atoms with van der Waals surface area (Å²) < 4.78 is 4.91. The smallest absolute Gasteiger partial charge is 0.217 e. The molecule has 0 aromatic rings. The van der Waals surface area contributed by atoms with Crippen LogP contribution >= 0.6 is 0 Å². The second-order valence-corrected chi connectivity index (χ2v) is 2.41. The van der Waals surface area contributed by atoms with E-state index in [0.29, 0.717) is 13.2 Å². The summed E-state index contributed by atoms with van der Waals surface area (Å²) in [5, 5.41) is 11.7. The predicted molar refractivity (Wildman–Crippen MR) is 34.4 cm³/mol. The van der Waals surface area contributed by atoms with E-state index in [1.807, 2.05) is 0 Å². The van der Waals surface area contributed by atoms with Gasteiger partial charge < -0.3 is 15.2 Å². The third-order valence-electron chi connectivity index (χ3n) is 1.44. The molecule has 58 valence electrons. The summed E-state index contributed by atoms with van der Waals surface area (Å²) in [4.78, 5) is 10.5. The van der Waals surface area contributed by atoms with Gasteiger partial charge in [-0.1, -0.05) is 0 Å². The number of hydrogen-bond acceptors (Lipinski definition) is 3. The summed E-state index contributed by atoms with van der Waals surface area (Å²) >= 11 is 0. The zero-order chi connectivity index (χ0) is 7.56. The number of nitrogens with one attached hydrogen (secondary N) is 1. The van der Waals surface area contributed by atoms with Gasteiger partial charge in [-0.25, -0.2) is 0 Å². The maximum Gasteiger partial charge on any atom is 0.217 e. The van der Waals surface area contributed by atoms with Gasteiger partial charge in [0.2, 0.25) is 5.91 Å². The van der Waals surface area contributed by atoms with Crippen molar-refractivity contribution in [3.8, 4) is 0 Å². The first-order valence-electron chi connectivity index (χ1n) is 3.23. The molecule has 0 radical (unpaired) electrons. The van der Waals surface area contributed by atoms with Gasteiger partial charge in [0, 0.05) is 6.92 Å². The normalized spacial score (nSPS) is 32.2. The molecule has 2 atom stereocenters. The zero-order valence-electron chi connectivity index (χ0n) is 5.83. The predicted octanol–water partition coefficient (Wildman–Crippen LogP) is -1.12. The Bertz CT molecular complexity index is 137. The van der Waals surface area contributed by atoms with Gasteiger partial charge >= 0.3 is 0 Å². The molecular weight excluding hydrogens is 134 g/mol. The summed E-state index contributed by atoms with van der Waals surface area (Å²) in [5.41, 5.74) is 0. The van der Waals surface area contributed by atoms with Crippen LogP contribution in [0.1, 0.15) is 6.92 Å². The first-order valence-corrected chi connectivity index (χ1v) is 3.23. The Morgan fingerprint density at radius 2 is 2.40 bits per heavy atom. The van der Waals surface area contributed by atoms with Crippen LogP contribution in [-0.4, -0.2) is 36.4 Å². The number of aliphatic hydroxyl groups is 1. The maximum atomic E-state index is 10.5. The van der Waals surface area contributed by atoms with Crippen LogP contribution in [0.5, 0.6) is 0 Å². The molecule has 0 unspecified atom stereocenters. The van der Waals surface area contributed by atoms with Gasteiger partial charge in [-0.2, -0.15) is 0 Å². The van der Waals surface area contributed by atoms with Crippen molar-refractivity contribution >= 4 is 5.91 Å². The van der Waals surface area contributed by atoms with Gasteiger partial charge in [-0.05, 0) is 0 Å². The van der Waals surface area contributed by atoms with Crippen LogP contribution in [0.15, 0.2) is 0 Å². The number of carbonyl (C=O) groups is 1. The Morgan fingerprint density at radius 3 is 2.80 bits per heavy atom. The molecule has 0 aromatic carbocycles. The van der Waals surface area contributed by atoms with Crippen molar-refractivity contribution < 1.29 is 14.6 Å². The number of carbonyl (C=O) groups excluding carboxylic acids is 1. The third-order valence-corrected chi connectivity index (χ3v) is 1.44. The highest BCUT2D eigenvalue weighted by atomic mass is 16.5. The van der Waals surface area contributed by atoms with Crippen molar-refractivity contribution in [2.24, 2.45) is 0 Å². The summed E-state index contributed by atoms with van der Waals surface area (Å²) in [7, 11) is 0. The van der Waals surface area contributed by atoms with Gasteiger partial charge in [0.25, 0.3) is 0 Å². The van der Waals surface area contributed by atoms with E-state index in [1.54, 1.807) is 0 Å². The van der Waals surface area contributed by atoms with Crippen molar-refractivity contribution in [2.75, 3.05) is 13.2 Å². The van der Waals surface area contributed by atoms with E-state index in [0.717, 1.165) is 0 Å². The first kappa shape index (κ1) is 7.50. The Kier molecular flexibility index (Phi) is 2.24. The summed E-state index contributed by atoms with van der Waals surface area (Å²) in [6.45, 7) is 2.16. The van der Waals surface area contributed by atoms with E-state index < -0.39 is 6.10 Å². The van der Waals surface area contributed by atoms with E-state index in [2.05, 4.69) is 5.32 Å². The van der Waals surface area contributed by atoms with Crippen LogP contribution in [0.25, 0.3) is 0 Å². The number of aliphatic hydroxyl groups excluding tert-OH is 1. The van der Waals surface area contributed by atoms with E-state index in [4.69, 9.17) is 9.84 Å². The molecule has 1 aliphatic rings. The topological polar surface area (TPSA) is 58.6 Å². The lowest BCUT2D eigenvalue weighted by atomic mass is 10.2. The Morgan fingerprint density at radius 1 is 1.70 bits per heavy atom. The monoisotopic (exact) mass is 145 g/mol. The van der Waals surface area contributed by atoms with Crippen molar-refractivity contribution in [1.29, 1.82) is 0 Å². The van der Waals surface area contributed by atoms with Crippen LogP contribution in [0, 0.1) is 0 Å². The summed E-state index contributed by atoms with van der Waals surface area (Å²) in [5.74, 6) is -0.130. The minimum Gasteiger partial charge on any atom is -0.388 e. The molecule has 4 heteroatoms. The lowest BCUT2D eigenvalue weighted by Gasteiger charge is -2.11. The summed E-state index contributed by atoms with van der Waals surface area (Å²) in [6, 6.07) is -0.211. The van der Waals surface area contributed by atoms with Gasteiger partial charge in [0.05, 0.1) is 25.4 Å². The Balaban J connectivity index is 2.33. The fourth-order valence-corrected chi connectivity index (χ4v) is 0.942. The molecule has 10 heavy (non-hydrogen) atoms.